The lowest BCUT2D eigenvalue weighted by atomic mass is 9.99. The summed E-state index contributed by atoms with van der Waals surface area (Å²) in [6, 6.07) is 3.81. The molecule has 0 aliphatic carbocycles. The third-order valence-corrected chi connectivity index (χ3v) is 4.72. The van der Waals surface area contributed by atoms with E-state index in [0.29, 0.717) is 18.7 Å². The van der Waals surface area contributed by atoms with Crippen molar-refractivity contribution in [1.82, 2.24) is 15.6 Å². The Morgan fingerprint density at radius 3 is 2.54 bits per heavy atom. The number of fused-ring (bicyclic) bond motifs is 1. The first-order valence-electron chi connectivity index (χ1n) is 8.77. The number of nitrogens with zero attached hydrogens (tertiary/aromatic N) is 1. The van der Waals surface area contributed by atoms with Crippen molar-refractivity contribution in [3.63, 3.8) is 0 Å². The van der Waals surface area contributed by atoms with Crippen LogP contribution in [-0.2, 0) is 12.4 Å². The molecule has 1 aromatic heterocycles. The second-order valence-electron chi connectivity index (χ2n) is 6.76. The summed E-state index contributed by atoms with van der Waals surface area (Å²) in [6.07, 6.45) is -9.28. The van der Waals surface area contributed by atoms with Gasteiger partial charge in [0.1, 0.15) is 5.69 Å². The fourth-order valence-corrected chi connectivity index (χ4v) is 3.36. The molecule has 2 atom stereocenters. The minimum atomic E-state index is -4.94. The highest BCUT2D eigenvalue weighted by atomic mass is 19.4. The van der Waals surface area contributed by atoms with Crippen molar-refractivity contribution in [2.75, 3.05) is 19.6 Å². The number of alkyl halides is 6. The van der Waals surface area contributed by atoms with Gasteiger partial charge in [0.15, 0.2) is 0 Å². The molecule has 4 nitrogen and oxygen atoms in total. The van der Waals surface area contributed by atoms with Crippen LogP contribution in [0.15, 0.2) is 24.3 Å². The first-order valence-corrected chi connectivity index (χ1v) is 8.77. The third kappa shape index (κ3) is 4.56. The maximum Gasteiger partial charge on any atom is 0.433 e. The Balaban J connectivity index is 1.97. The minimum Gasteiger partial charge on any atom is -0.387 e. The van der Waals surface area contributed by atoms with Crippen LogP contribution in [0.1, 0.15) is 35.8 Å². The number of aromatic nitrogens is 1. The number of halogens is 6. The zero-order valence-corrected chi connectivity index (χ0v) is 14.7. The summed E-state index contributed by atoms with van der Waals surface area (Å²) in [6.45, 7) is 1.28. The van der Waals surface area contributed by atoms with Gasteiger partial charge in [0.25, 0.3) is 0 Å². The van der Waals surface area contributed by atoms with Crippen LogP contribution in [-0.4, -0.2) is 35.8 Å². The lowest BCUT2D eigenvalue weighted by Crippen LogP contribution is -2.35. The number of para-hydroxylation sites is 1. The van der Waals surface area contributed by atoms with Crippen LogP contribution in [0.3, 0.4) is 0 Å². The fraction of sp³-hybridized carbons (Fsp3) is 0.500. The van der Waals surface area contributed by atoms with Gasteiger partial charge in [-0.25, -0.2) is 4.98 Å². The first kappa shape index (κ1) is 20.8. The normalized spacial score (nSPS) is 19.3. The summed E-state index contributed by atoms with van der Waals surface area (Å²) >= 11 is 0. The highest BCUT2D eigenvalue weighted by Gasteiger charge is 2.38. The second kappa shape index (κ2) is 7.84. The Morgan fingerprint density at radius 2 is 1.93 bits per heavy atom. The maximum atomic E-state index is 13.3. The van der Waals surface area contributed by atoms with Gasteiger partial charge in [0, 0.05) is 24.5 Å². The van der Waals surface area contributed by atoms with Crippen molar-refractivity contribution in [2.24, 2.45) is 0 Å². The molecule has 1 unspecified atom stereocenters. The summed E-state index contributed by atoms with van der Waals surface area (Å²) in [7, 11) is 0. The van der Waals surface area contributed by atoms with E-state index in [0.717, 1.165) is 25.5 Å². The second-order valence-corrected chi connectivity index (χ2v) is 6.76. The molecule has 3 rings (SSSR count). The van der Waals surface area contributed by atoms with Gasteiger partial charge in [0.2, 0.25) is 0 Å². The van der Waals surface area contributed by atoms with Gasteiger partial charge < -0.3 is 15.7 Å². The Labute approximate surface area is 156 Å². The lowest BCUT2D eigenvalue weighted by Gasteiger charge is -2.19. The van der Waals surface area contributed by atoms with E-state index in [-0.39, 0.29) is 23.5 Å². The molecule has 28 heavy (non-hydrogen) atoms. The Bertz CT molecular complexity index is 830. The number of rotatable bonds is 5. The molecule has 0 amide bonds. The monoisotopic (exact) mass is 407 g/mol. The molecule has 0 spiro atoms. The summed E-state index contributed by atoms with van der Waals surface area (Å²) in [5.41, 5.74) is -3.80. The zero-order valence-electron chi connectivity index (χ0n) is 14.7. The molecule has 1 saturated heterocycles. The van der Waals surface area contributed by atoms with Gasteiger partial charge >= 0.3 is 12.4 Å². The molecular formula is C18H19F6N3O. The molecule has 1 fully saturated rings. The predicted molar refractivity (Wildman–Crippen MR) is 90.6 cm³/mol. The fourth-order valence-electron chi connectivity index (χ4n) is 3.36. The molecule has 3 N–H and O–H groups in total. The zero-order chi connectivity index (χ0) is 20.5. The first-order chi connectivity index (χ1) is 13.1. The summed E-state index contributed by atoms with van der Waals surface area (Å²) in [5, 5.41) is 16.4. The van der Waals surface area contributed by atoms with E-state index in [2.05, 4.69) is 15.6 Å². The van der Waals surface area contributed by atoms with Crippen molar-refractivity contribution in [3.8, 4) is 0 Å². The number of pyridine rings is 1. The van der Waals surface area contributed by atoms with E-state index >= 15 is 0 Å². The summed E-state index contributed by atoms with van der Waals surface area (Å²) in [5.74, 6) is 0. The molecule has 0 bridgehead atoms. The van der Waals surface area contributed by atoms with Gasteiger partial charge in [-0.15, -0.1) is 0 Å². The van der Waals surface area contributed by atoms with E-state index < -0.39 is 35.2 Å². The smallest absolute Gasteiger partial charge is 0.387 e. The van der Waals surface area contributed by atoms with Crippen molar-refractivity contribution >= 4 is 10.9 Å². The molecule has 0 saturated carbocycles. The molecule has 1 aromatic carbocycles. The van der Waals surface area contributed by atoms with Crippen LogP contribution >= 0.6 is 0 Å². The van der Waals surface area contributed by atoms with E-state index in [1.165, 1.54) is 6.07 Å². The van der Waals surface area contributed by atoms with Crippen molar-refractivity contribution in [2.45, 2.75) is 37.3 Å². The number of nitrogens with one attached hydrogen (secondary N) is 2. The predicted octanol–water partition coefficient (Wildman–Crippen LogP) is 3.65. The summed E-state index contributed by atoms with van der Waals surface area (Å²) in [4.78, 5) is 3.21. The largest absolute Gasteiger partial charge is 0.433 e. The van der Waals surface area contributed by atoms with E-state index in [1.54, 1.807) is 0 Å². The van der Waals surface area contributed by atoms with Crippen LogP contribution in [0.5, 0.6) is 0 Å². The van der Waals surface area contributed by atoms with Crippen molar-refractivity contribution < 1.29 is 31.4 Å². The van der Waals surface area contributed by atoms with Gasteiger partial charge in [-0.05, 0) is 37.1 Å². The van der Waals surface area contributed by atoms with E-state index in [9.17, 15) is 31.4 Å². The average Bonchev–Trinajstić information content (AvgIpc) is 3.12. The standard InChI is InChI=1S/C18H19F6N3O/c19-17(20,21)13-5-1-4-11-12(7-15(18(22,23)24)27-16(11)13)14(28)9-25-8-10-3-2-6-26-10/h1,4-5,7,10,14,25-26,28H,2-3,6,8-9H2/t10-,14?/m1/s1. The van der Waals surface area contributed by atoms with Crippen LogP contribution in [0.25, 0.3) is 10.9 Å². The van der Waals surface area contributed by atoms with Gasteiger partial charge in [-0.2, -0.15) is 26.3 Å². The molecule has 10 heteroatoms. The van der Waals surface area contributed by atoms with E-state index in [4.69, 9.17) is 0 Å². The van der Waals surface area contributed by atoms with Crippen LogP contribution in [0.4, 0.5) is 26.3 Å². The van der Waals surface area contributed by atoms with Crippen molar-refractivity contribution in [1.29, 1.82) is 0 Å². The topological polar surface area (TPSA) is 57.2 Å². The number of aliphatic hydroxyl groups excluding tert-OH is 1. The van der Waals surface area contributed by atoms with Crippen LogP contribution in [0, 0.1) is 0 Å². The number of benzene rings is 1. The molecule has 154 valence electrons. The van der Waals surface area contributed by atoms with Crippen LogP contribution in [0.2, 0.25) is 0 Å². The lowest BCUT2D eigenvalue weighted by molar-refractivity contribution is -0.142. The Kier molecular flexibility index (Phi) is 5.83. The molecule has 1 aliphatic heterocycles. The van der Waals surface area contributed by atoms with Crippen molar-refractivity contribution in [3.05, 3.63) is 41.1 Å². The van der Waals surface area contributed by atoms with Crippen LogP contribution < -0.4 is 10.6 Å². The van der Waals surface area contributed by atoms with E-state index in [1.807, 2.05) is 0 Å². The van der Waals surface area contributed by atoms with Gasteiger partial charge in [-0.1, -0.05) is 12.1 Å². The number of hydrogen-bond donors (Lipinski definition) is 3. The Hall–Kier alpha value is -1.91. The molecule has 1 aliphatic rings. The number of hydrogen-bond acceptors (Lipinski definition) is 4. The summed E-state index contributed by atoms with van der Waals surface area (Å²) < 4.78 is 79.3. The molecular weight excluding hydrogens is 388 g/mol. The minimum absolute atomic E-state index is 0.0924. The quantitative estimate of drug-likeness (QED) is 0.663. The average molecular weight is 407 g/mol. The Morgan fingerprint density at radius 1 is 1.18 bits per heavy atom. The third-order valence-electron chi connectivity index (χ3n) is 4.72. The maximum absolute atomic E-state index is 13.3. The SMILES string of the molecule is OC(CNC[C@H]1CCCN1)c1cc(C(F)(F)F)nc2c(C(F)(F)F)cccc12. The molecule has 2 heterocycles. The van der Waals surface area contributed by atoms with Gasteiger partial charge in [-0.3, -0.25) is 0 Å². The molecule has 0 radical (unpaired) electrons. The molecule has 2 aromatic rings. The highest BCUT2D eigenvalue weighted by molar-refractivity contribution is 5.86. The number of aliphatic hydroxyl groups is 1. The van der Waals surface area contributed by atoms with Gasteiger partial charge in [0.05, 0.1) is 17.2 Å². The highest BCUT2D eigenvalue weighted by Crippen LogP contribution is 2.38.